The summed E-state index contributed by atoms with van der Waals surface area (Å²) in [5.74, 6) is -0.0357. The molecule has 0 bridgehead atoms. The first-order valence-electron chi connectivity index (χ1n) is 6.07. The first-order valence-corrected chi connectivity index (χ1v) is 6.07. The molecule has 0 radical (unpaired) electrons. The highest BCUT2D eigenvalue weighted by atomic mass is 35.5. The molecule has 0 saturated heterocycles. The Morgan fingerprint density at radius 1 is 1.28 bits per heavy atom. The van der Waals surface area contributed by atoms with Gasteiger partial charge in [-0.15, -0.1) is 12.4 Å². The number of aromatic nitrogens is 2. The van der Waals surface area contributed by atoms with Crippen molar-refractivity contribution in [2.45, 2.75) is 27.2 Å². The van der Waals surface area contributed by atoms with Gasteiger partial charge in [0.15, 0.2) is 0 Å². The van der Waals surface area contributed by atoms with Gasteiger partial charge in [-0.3, -0.25) is 9.48 Å². The maximum Gasteiger partial charge on any atom is 0.255 e. The number of nitrogens with zero attached hydrogens (tertiary/aromatic N) is 2. The van der Waals surface area contributed by atoms with Crippen molar-refractivity contribution in [3.8, 4) is 0 Å². The van der Waals surface area contributed by atoms with Gasteiger partial charge in [0, 0.05) is 25.8 Å². The zero-order valence-corrected chi connectivity index (χ0v) is 12.4. The molecule has 0 atom stereocenters. The van der Waals surface area contributed by atoms with Crippen LogP contribution in [0.2, 0.25) is 0 Å². The number of carbonyl (C=O) groups excluding carboxylic acids is 1. The summed E-state index contributed by atoms with van der Waals surface area (Å²) < 4.78 is 1.74. The number of hydrogen-bond acceptors (Lipinski definition) is 3. The van der Waals surface area contributed by atoms with Gasteiger partial charge < -0.3 is 10.6 Å². The summed E-state index contributed by atoms with van der Waals surface area (Å²) in [5, 5.41) is 10.4. The standard InChI is InChI=1S/C12H22N4O.ClH/c1-5-6-13-7-8-14-12(17)11-9(2)15-16(4)10(11)3;/h13H,5-8H2,1-4H3,(H,14,17);1H. The Labute approximate surface area is 115 Å². The summed E-state index contributed by atoms with van der Waals surface area (Å²) in [4.78, 5) is 11.9. The maximum absolute atomic E-state index is 11.9. The topological polar surface area (TPSA) is 58.9 Å². The van der Waals surface area contributed by atoms with Gasteiger partial charge in [-0.05, 0) is 26.8 Å². The van der Waals surface area contributed by atoms with Crippen LogP contribution < -0.4 is 10.6 Å². The monoisotopic (exact) mass is 274 g/mol. The van der Waals surface area contributed by atoms with Crippen molar-refractivity contribution in [3.05, 3.63) is 17.0 Å². The third kappa shape index (κ3) is 4.31. The van der Waals surface area contributed by atoms with Crippen LogP contribution in [0.25, 0.3) is 0 Å². The van der Waals surface area contributed by atoms with Crippen LogP contribution in [0.4, 0.5) is 0 Å². The molecule has 0 aliphatic carbocycles. The molecular weight excluding hydrogens is 252 g/mol. The second kappa shape index (κ2) is 8.11. The number of carbonyl (C=O) groups is 1. The Kier molecular flexibility index (Phi) is 7.62. The number of hydrogen-bond donors (Lipinski definition) is 2. The summed E-state index contributed by atoms with van der Waals surface area (Å²) in [6.45, 7) is 8.32. The Morgan fingerprint density at radius 2 is 1.94 bits per heavy atom. The molecule has 0 aliphatic heterocycles. The highest BCUT2D eigenvalue weighted by Gasteiger charge is 2.16. The van der Waals surface area contributed by atoms with E-state index >= 15 is 0 Å². The lowest BCUT2D eigenvalue weighted by Gasteiger charge is -2.06. The Bertz CT molecular complexity index is 390. The minimum Gasteiger partial charge on any atom is -0.351 e. The highest BCUT2D eigenvalue weighted by molar-refractivity contribution is 5.96. The summed E-state index contributed by atoms with van der Waals surface area (Å²) >= 11 is 0. The van der Waals surface area contributed by atoms with Gasteiger partial charge >= 0.3 is 0 Å². The first-order chi connectivity index (χ1) is 8.07. The van der Waals surface area contributed by atoms with Crippen molar-refractivity contribution in [1.82, 2.24) is 20.4 Å². The average molecular weight is 275 g/mol. The maximum atomic E-state index is 11.9. The quantitative estimate of drug-likeness (QED) is 0.766. The lowest BCUT2D eigenvalue weighted by molar-refractivity contribution is 0.0952. The molecule has 1 rings (SSSR count). The van der Waals surface area contributed by atoms with Crippen LogP contribution in [0.3, 0.4) is 0 Å². The average Bonchev–Trinajstić information content (AvgIpc) is 2.53. The van der Waals surface area contributed by atoms with E-state index in [1.807, 2.05) is 20.9 Å². The fourth-order valence-corrected chi connectivity index (χ4v) is 1.76. The Hall–Kier alpha value is -1.07. The predicted molar refractivity (Wildman–Crippen MR) is 75.4 cm³/mol. The normalized spacial score (nSPS) is 10.0. The molecule has 1 amide bonds. The van der Waals surface area contributed by atoms with Crippen molar-refractivity contribution >= 4 is 18.3 Å². The van der Waals surface area contributed by atoms with E-state index in [1.165, 1.54) is 0 Å². The zero-order chi connectivity index (χ0) is 12.8. The highest BCUT2D eigenvalue weighted by Crippen LogP contribution is 2.10. The molecule has 6 heteroatoms. The Morgan fingerprint density at radius 3 is 2.44 bits per heavy atom. The van der Waals surface area contributed by atoms with Gasteiger partial charge in [-0.2, -0.15) is 5.10 Å². The molecule has 1 aromatic heterocycles. The molecule has 0 saturated carbocycles. The third-order valence-electron chi connectivity index (χ3n) is 2.75. The van der Waals surface area contributed by atoms with Gasteiger partial charge in [0.2, 0.25) is 0 Å². The van der Waals surface area contributed by atoms with Crippen LogP contribution in [0, 0.1) is 13.8 Å². The van der Waals surface area contributed by atoms with Crippen molar-refractivity contribution in [1.29, 1.82) is 0 Å². The fraction of sp³-hybridized carbons (Fsp3) is 0.667. The number of rotatable bonds is 6. The molecule has 0 fully saturated rings. The zero-order valence-electron chi connectivity index (χ0n) is 11.5. The molecule has 1 heterocycles. The van der Waals surface area contributed by atoms with E-state index in [9.17, 15) is 4.79 Å². The van der Waals surface area contributed by atoms with Crippen molar-refractivity contribution < 1.29 is 4.79 Å². The lowest BCUT2D eigenvalue weighted by atomic mass is 10.2. The number of nitrogens with one attached hydrogen (secondary N) is 2. The molecule has 2 N–H and O–H groups in total. The van der Waals surface area contributed by atoms with Crippen LogP contribution in [0.15, 0.2) is 0 Å². The molecular formula is C12H23ClN4O. The van der Waals surface area contributed by atoms with E-state index in [2.05, 4.69) is 22.7 Å². The largest absolute Gasteiger partial charge is 0.351 e. The minimum atomic E-state index is -0.0357. The van der Waals surface area contributed by atoms with Crippen LogP contribution in [0.5, 0.6) is 0 Å². The van der Waals surface area contributed by atoms with Crippen molar-refractivity contribution in [2.75, 3.05) is 19.6 Å². The summed E-state index contributed by atoms with van der Waals surface area (Å²) in [6, 6.07) is 0. The number of halogens is 1. The van der Waals surface area contributed by atoms with Gasteiger partial charge in [-0.25, -0.2) is 0 Å². The van der Waals surface area contributed by atoms with E-state index in [0.717, 1.165) is 30.9 Å². The second-order valence-electron chi connectivity index (χ2n) is 4.18. The molecule has 1 aromatic rings. The van der Waals surface area contributed by atoms with Crippen molar-refractivity contribution in [3.63, 3.8) is 0 Å². The van der Waals surface area contributed by atoms with Crippen LogP contribution in [-0.4, -0.2) is 35.3 Å². The molecule has 0 aromatic carbocycles. The van der Waals surface area contributed by atoms with E-state index in [-0.39, 0.29) is 18.3 Å². The summed E-state index contributed by atoms with van der Waals surface area (Å²) in [5.41, 5.74) is 2.38. The van der Waals surface area contributed by atoms with E-state index in [1.54, 1.807) is 4.68 Å². The lowest BCUT2D eigenvalue weighted by Crippen LogP contribution is -2.32. The van der Waals surface area contributed by atoms with Gasteiger partial charge in [0.1, 0.15) is 0 Å². The molecule has 0 spiro atoms. The predicted octanol–water partition coefficient (Wildman–Crippen LogP) is 1.19. The summed E-state index contributed by atoms with van der Waals surface area (Å²) in [7, 11) is 1.85. The second-order valence-corrected chi connectivity index (χ2v) is 4.18. The molecule has 5 nitrogen and oxygen atoms in total. The van der Waals surface area contributed by atoms with Crippen LogP contribution >= 0.6 is 12.4 Å². The third-order valence-corrected chi connectivity index (χ3v) is 2.75. The smallest absolute Gasteiger partial charge is 0.255 e. The number of aryl methyl sites for hydroxylation is 2. The van der Waals surface area contributed by atoms with Gasteiger partial charge in [0.05, 0.1) is 11.3 Å². The fourth-order valence-electron chi connectivity index (χ4n) is 1.76. The molecule has 104 valence electrons. The minimum absolute atomic E-state index is 0. The molecule has 0 aliphatic rings. The molecule has 0 unspecified atom stereocenters. The molecule has 18 heavy (non-hydrogen) atoms. The Balaban J connectivity index is 0.00000289. The van der Waals surface area contributed by atoms with Crippen LogP contribution in [-0.2, 0) is 7.05 Å². The van der Waals surface area contributed by atoms with Crippen LogP contribution in [0.1, 0.15) is 35.1 Å². The van der Waals surface area contributed by atoms with E-state index < -0.39 is 0 Å². The number of amides is 1. The van der Waals surface area contributed by atoms with Gasteiger partial charge in [-0.1, -0.05) is 6.92 Å². The van der Waals surface area contributed by atoms with Gasteiger partial charge in [0.25, 0.3) is 5.91 Å². The SMILES string of the molecule is CCCNCCNC(=O)c1c(C)nn(C)c1C.Cl. The van der Waals surface area contributed by atoms with E-state index in [0.29, 0.717) is 12.1 Å². The van der Waals surface area contributed by atoms with E-state index in [4.69, 9.17) is 0 Å². The summed E-state index contributed by atoms with van der Waals surface area (Å²) in [6.07, 6.45) is 1.11. The van der Waals surface area contributed by atoms with Crippen molar-refractivity contribution in [2.24, 2.45) is 7.05 Å². The first kappa shape index (κ1) is 16.9.